The van der Waals surface area contributed by atoms with Crippen molar-refractivity contribution in [3.63, 3.8) is 0 Å². The van der Waals surface area contributed by atoms with Gasteiger partial charge in [0.2, 0.25) is 0 Å². The maximum absolute atomic E-state index is 13.4. The fourth-order valence-corrected chi connectivity index (χ4v) is 4.65. The molecule has 0 saturated heterocycles. The van der Waals surface area contributed by atoms with E-state index in [0.717, 1.165) is 12.0 Å². The Kier molecular flexibility index (Phi) is 8.41. The summed E-state index contributed by atoms with van der Waals surface area (Å²) in [6.07, 6.45) is 0.751. The molecule has 0 radical (unpaired) electrons. The number of rotatable bonds is 11. The molecule has 0 aliphatic rings. The number of ether oxygens (including phenoxy) is 1. The first-order chi connectivity index (χ1) is 15.5. The summed E-state index contributed by atoms with van der Waals surface area (Å²) < 4.78 is 33.4. The second kappa shape index (κ2) is 11.5. The third-order valence-corrected chi connectivity index (χ3v) is 6.66. The van der Waals surface area contributed by atoms with E-state index < -0.39 is 10.0 Å². The molecule has 1 N–H and O–H groups in total. The highest BCUT2D eigenvalue weighted by molar-refractivity contribution is 7.92. The molecule has 0 atom stereocenters. The van der Waals surface area contributed by atoms with Crippen LogP contribution in [0.5, 0.6) is 0 Å². The van der Waals surface area contributed by atoms with Crippen LogP contribution in [0.25, 0.3) is 0 Å². The van der Waals surface area contributed by atoms with Crippen LogP contribution in [-0.2, 0) is 21.3 Å². The summed E-state index contributed by atoms with van der Waals surface area (Å²) in [6, 6.07) is 24.4. The predicted molar refractivity (Wildman–Crippen MR) is 126 cm³/mol. The van der Waals surface area contributed by atoms with E-state index in [1.54, 1.807) is 66.7 Å². The minimum atomic E-state index is -3.76. The second-order valence-electron chi connectivity index (χ2n) is 7.16. The number of hydrogen-bond donors (Lipinski definition) is 1. The molecular weight excluding hydrogens is 424 g/mol. The standard InChI is InChI=1S/C25H28N2O4S/c1-2-31-19-9-18-26-25(28)22-16-14-21(15-17-22)20-27(23-10-5-3-6-11-23)32(29,30)24-12-7-4-8-13-24/h3-8,10-17H,2,9,18-20H2,1H3,(H,26,28). The van der Waals surface area contributed by atoms with Crippen molar-refractivity contribution < 1.29 is 17.9 Å². The lowest BCUT2D eigenvalue weighted by Gasteiger charge is -2.25. The zero-order chi connectivity index (χ0) is 22.8. The zero-order valence-corrected chi connectivity index (χ0v) is 18.9. The van der Waals surface area contributed by atoms with Gasteiger partial charge in [-0.05, 0) is 55.3 Å². The van der Waals surface area contributed by atoms with Gasteiger partial charge in [0.05, 0.1) is 17.1 Å². The smallest absolute Gasteiger partial charge is 0.264 e. The lowest BCUT2D eigenvalue weighted by Crippen LogP contribution is -2.30. The van der Waals surface area contributed by atoms with Gasteiger partial charge < -0.3 is 10.1 Å². The van der Waals surface area contributed by atoms with Crippen LogP contribution in [0.15, 0.2) is 89.8 Å². The molecule has 0 unspecified atom stereocenters. The Hall–Kier alpha value is -3.16. The average molecular weight is 453 g/mol. The molecule has 0 aromatic heterocycles. The van der Waals surface area contributed by atoms with Crippen LogP contribution in [0.4, 0.5) is 5.69 Å². The van der Waals surface area contributed by atoms with Gasteiger partial charge in [0.15, 0.2) is 0 Å². The minimum absolute atomic E-state index is 0.150. The quantitative estimate of drug-likeness (QED) is 0.442. The van der Waals surface area contributed by atoms with Crippen molar-refractivity contribution in [2.45, 2.75) is 24.8 Å². The number of hydrogen-bond acceptors (Lipinski definition) is 4. The zero-order valence-electron chi connectivity index (χ0n) is 18.1. The molecule has 0 spiro atoms. The van der Waals surface area contributed by atoms with E-state index in [0.29, 0.717) is 31.0 Å². The molecular formula is C25H28N2O4S. The molecule has 0 bridgehead atoms. The van der Waals surface area contributed by atoms with Gasteiger partial charge in [-0.15, -0.1) is 0 Å². The van der Waals surface area contributed by atoms with Crippen LogP contribution in [-0.4, -0.2) is 34.1 Å². The summed E-state index contributed by atoms with van der Waals surface area (Å²) >= 11 is 0. The van der Waals surface area contributed by atoms with Crippen molar-refractivity contribution >= 4 is 21.6 Å². The largest absolute Gasteiger partial charge is 0.382 e. The molecule has 32 heavy (non-hydrogen) atoms. The SMILES string of the molecule is CCOCCCNC(=O)c1ccc(CN(c2ccccc2)S(=O)(=O)c2ccccc2)cc1. The van der Waals surface area contributed by atoms with E-state index in [-0.39, 0.29) is 17.3 Å². The van der Waals surface area contributed by atoms with Crippen LogP contribution in [0.3, 0.4) is 0 Å². The van der Waals surface area contributed by atoms with Gasteiger partial charge in [-0.2, -0.15) is 0 Å². The number of para-hydroxylation sites is 1. The number of nitrogens with zero attached hydrogens (tertiary/aromatic N) is 1. The van der Waals surface area contributed by atoms with Gasteiger partial charge in [-0.1, -0.05) is 48.5 Å². The summed E-state index contributed by atoms with van der Waals surface area (Å²) in [6.45, 7) is 3.90. The molecule has 0 aliphatic heterocycles. The highest BCUT2D eigenvalue weighted by Gasteiger charge is 2.25. The van der Waals surface area contributed by atoms with Gasteiger partial charge >= 0.3 is 0 Å². The molecule has 3 aromatic rings. The first kappa shape index (κ1) is 23.5. The molecule has 0 fully saturated rings. The Bertz CT molecular complexity index is 1090. The highest BCUT2D eigenvalue weighted by atomic mass is 32.2. The Morgan fingerprint density at radius 3 is 2.16 bits per heavy atom. The molecule has 3 aromatic carbocycles. The van der Waals surface area contributed by atoms with Crippen LogP contribution >= 0.6 is 0 Å². The maximum atomic E-state index is 13.4. The summed E-state index contributed by atoms with van der Waals surface area (Å²) in [5, 5.41) is 2.86. The number of benzene rings is 3. The maximum Gasteiger partial charge on any atom is 0.264 e. The van der Waals surface area contributed by atoms with Crippen molar-refractivity contribution in [3.8, 4) is 0 Å². The topological polar surface area (TPSA) is 75.7 Å². The first-order valence-corrected chi connectivity index (χ1v) is 12.0. The number of sulfonamides is 1. The van der Waals surface area contributed by atoms with Gasteiger partial charge in [0, 0.05) is 25.3 Å². The molecule has 7 heteroatoms. The lowest BCUT2D eigenvalue weighted by atomic mass is 10.1. The van der Waals surface area contributed by atoms with Gasteiger partial charge in [-0.25, -0.2) is 8.42 Å². The number of carbonyl (C=O) groups is 1. The molecule has 0 heterocycles. The summed E-state index contributed by atoms with van der Waals surface area (Å²) in [5.41, 5.74) is 1.89. The molecule has 6 nitrogen and oxygen atoms in total. The van der Waals surface area contributed by atoms with E-state index in [9.17, 15) is 13.2 Å². The first-order valence-electron chi connectivity index (χ1n) is 10.6. The number of carbonyl (C=O) groups excluding carboxylic acids is 1. The summed E-state index contributed by atoms with van der Waals surface area (Å²) in [7, 11) is -3.76. The normalized spacial score (nSPS) is 11.2. The van der Waals surface area contributed by atoms with E-state index in [2.05, 4.69) is 5.32 Å². The van der Waals surface area contributed by atoms with E-state index >= 15 is 0 Å². The number of anilines is 1. The van der Waals surface area contributed by atoms with Crippen LogP contribution < -0.4 is 9.62 Å². The minimum Gasteiger partial charge on any atom is -0.382 e. The Balaban J connectivity index is 1.75. The molecule has 0 saturated carbocycles. The third kappa shape index (κ3) is 6.18. The van der Waals surface area contributed by atoms with Crippen molar-refractivity contribution in [3.05, 3.63) is 96.1 Å². The molecule has 1 amide bonds. The fraction of sp³-hybridized carbons (Fsp3) is 0.240. The second-order valence-corrected chi connectivity index (χ2v) is 9.03. The van der Waals surface area contributed by atoms with Crippen LogP contribution in [0.1, 0.15) is 29.3 Å². The van der Waals surface area contributed by atoms with Crippen LogP contribution in [0.2, 0.25) is 0 Å². The van der Waals surface area contributed by atoms with E-state index in [1.807, 2.05) is 25.1 Å². The molecule has 0 aliphatic carbocycles. The number of nitrogens with one attached hydrogen (secondary N) is 1. The molecule has 168 valence electrons. The predicted octanol–water partition coefficient (Wildman–Crippen LogP) is 4.24. The lowest BCUT2D eigenvalue weighted by molar-refractivity contribution is 0.0944. The van der Waals surface area contributed by atoms with Crippen molar-refractivity contribution in [1.29, 1.82) is 0 Å². The van der Waals surface area contributed by atoms with Gasteiger partial charge in [0.25, 0.3) is 15.9 Å². The highest BCUT2D eigenvalue weighted by Crippen LogP contribution is 2.25. The summed E-state index contributed by atoms with van der Waals surface area (Å²) in [4.78, 5) is 12.5. The monoisotopic (exact) mass is 452 g/mol. The van der Waals surface area contributed by atoms with Gasteiger partial charge in [-0.3, -0.25) is 9.10 Å². The van der Waals surface area contributed by atoms with E-state index in [1.165, 1.54) is 4.31 Å². The van der Waals surface area contributed by atoms with Crippen molar-refractivity contribution in [2.75, 3.05) is 24.1 Å². The molecule has 3 rings (SSSR count). The third-order valence-electron chi connectivity index (χ3n) is 4.87. The van der Waals surface area contributed by atoms with Crippen LogP contribution in [0, 0.1) is 0 Å². The van der Waals surface area contributed by atoms with Crippen molar-refractivity contribution in [2.24, 2.45) is 0 Å². The van der Waals surface area contributed by atoms with Crippen molar-refractivity contribution in [1.82, 2.24) is 5.32 Å². The number of amides is 1. The van der Waals surface area contributed by atoms with Gasteiger partial charge in [0.1, 0.15) is 0 Å². The Morgan fingerprint density at radius 2 is 1.53 bits per heavy atom. The summed E-state index contributed by atoms with van der Waals surface area (Å²) in [5.74, 6) is -0.162. The van der Waals surface area contributed by atoms with E-state index in [4.69, 9.17) is 4.74 Å². The Morgan fingerprint density at radius 1 is 0.906 bits per heavy atom. The average Bonchev–Trinajstić information content (AvgIpc) is 2.83. The fourth-order valence-electron chi connectivity index (χ4n) is 3.18. The Labute approximate surface area is 189 Å².